The number of hydrogen-bond donors (Lipinski definition) is 2. The van der Waals surface area contributed by atoms with Gasteiger partial charge in [-0.25, -0.2) is 9.78 Å². The maximum absolute atomic E-state index is 14.5. The van der Waals surface area contributed by atoms with Gasteiger partial charge in [-0.15, -0.1) is 0 Å². The van der Waals surface area contributed by atoms with Crippen LogP contribution in [0.25, 0.3) is 11.2 Å². The zero-order chi connectivity index (χ0) is 33.3. The van der Waals surface area contributed by atoms with E-state index in [0.717, 1.165) is 11.1 Å². The zero-order valence-electron chi connectivity index (χ0n) is 26.4. The number of aryl methyl sites for hydroxylation is 3. The molecule has 1 unspecified atom stereocenters. The first-order valence-corrected chi connectivity index (χ1v) is 14.7. The predicted molar refractivity (Wildman–Crippen MR) is 157 cm³/mol. The van der Waals surface area contributed by atoms with E-state index in [-0.39, 0.29) is 47.9 Å². The van der Waals surface area contributed by atoms with E-state index < -0.39 is 52.8 Å². The summed E-state index contributed by atoms with van der Waals surface area (Å²) in [4.78, 5) is 48.4. The zero-order valence-corrected chi connectivity index (χ0v) is 26.4. The summed E-state index contributed by atoms with van der Waals surface area (Å²) in [5.41, 5.74) is -0.717. The van der Waals surface area contributed by atoms with Crippen molar-refractivity contribution in [2.45, 2.75) is 96.8 Å². The molecular formula is C31H34FN5O9. The summed E-state index contributed by atoms with van der Waals surface area (Å²) in [6, 6.07) is 3.71. The molecule has 3 aromatic heterocycles. The van der Waals surface area contributed by atoms with Gasteiger partial charge in [-0.1, -0.05) is 19.9 Å². The highest BCUT2D eigenvalue weighted by Gasteiger charge is 2.83. The second-order valence-corrected chi connectivity index (χ2v) is 12.7. The van der Waals surface area contributed by atoms with Crippen LogP contribution in [0.5, 0.6) is 5.75 Å². The van der Waals surface area contributed by atoms with Gasteiger partial charge in [0.1, 0.15) is 28.9 Å². The van der Waals surface area contributed by atoms with Crippen LogP contribution in [0.15, 0.2) is 32.1 Å². The smallest absolute Gasteiger partial charge is 0.456 e. The second-order valence-electron chi connectivity index (χ2n) is 12.7. The average Bonchev–Trinajstić information content (AvgIpc) is 3.37. The molecule has 15 heteroatoms. The summed E-state index contributed by atoms with van der Waals surface area (Å²) in [5.74, 6) is -0.967. The van der Waals surface area contributed by atoms with E-state index in [1.165, 1.54) is 17.8 Å². The molecule has 0 amide bonds. The van der Waals surface area contributed by atoms with Crippen molar-refractivity contribution >= 4 is 28.9 Å². The number of carbonyl (C=O) groups is 2. The number of hydrogen-bond acceptors (Lipinski definition) is 13. The highest BCUT2D eigenvalue weighted by Crippen LogP contribution is 2.64. The number of ether oxygens (including phenoxy) is 3. The Kier molecular flexibility index (Phi) is 7.31. The third-order valence-corrected chi connectivity index (χ3v) is 8.74. The van der Waals surface area contributed by atoms with E-state index in [2.05, 4.69) is 20.3 Å². The summed E-state index contributed by atoms with van der Waals surface area (Å²) in [6.07, 6.45) is -1.44. The van der Waals surface area contributed by atoms with Crippen LogP contribution in [0.2, 0.25) is 0 Å². The summed E-state index contributed by atoms with van der Waals surface area (Å²) >= 11 is 0. The van der Waals surface area contributed by atoms with Crippen LogP contribution >= 0.6 is 0 Å². The molecule has 14 nitrogen and oxygen atoms in total. The summed E-state index contributed by atoms with van der Waals surface area (Å²) in [5, 5.41) is 14.4. The highest BCUT2D eigenvalue weighted by molar-refractivity contribution is 5.82. The van der Waals surface area contributed by atoms with Gasteiger partial charge in [-0.05, 0) is 44.9 Å². The van der Waals surface area contributed by atoms with Crippen LogP contribution < -0.4 is 15.9 Å². The lowest BCUT2D eigenvalue weighted by Gasteiger charge is -2.29. The van der Waals surface area contributed by atoms with Crippen LogP contribution in [0, 0.1) is 26.8 Å². The molecular weight excluding hydrogens is 605 g/mol. The number of aromatic nitrogens is 4. The summed E-state index contributed by atoms with van der Waals surface area (Å²) in [7, 11) is 0. The van der Waals surface area contributed by atoms with Crippen LogP contribution in [0.4, 0.5) is 10.2 Å². The fourth-order valence-electron chi connectivity index (χ4n) is 6.61. The van der Waals surface area contributed by atoms with Crippen LogP contribution in [0.1, 0.15) is 75.0 Å². The third kappa shape index (κ3) is 5.22. The molecule has 244 valence electrons. The largest absolute Gasteiger partial charge is 0.519 e. The predicted octanol–water partition coefficient (Wildman–Crippen LogP) is 3.68. The van der Waals surface area contributed by atoms with Gasteiger partial charge in [-0.2, -0.15) is 14.4 Å². The monoisotopic (exact) mass is 639 g/mol. The van der Waals surface area contributed by atoms with E-state index in [4.69, 9.17) is 23.0 Å². The number of halogens is 1. The molecule has 0 radical (unpaired) electrons. The molecule has 1 aliphatic heterocycles. The maximum Gasteiger partial charge on any atom is 0.519 e. The Bertz CT molecular complexity index is 1930. The minimum absolute atomic E-state index is 0.0116. The number of carbonyl (C=O) groups excluding carboxylic acids is 2. The van der Waals surface area contributed by atoms with Gasteiger partial charge in [0, 0.05) is 24.3 Å². The molecule has 0 bridgehead atoms. The van der Waals surface area contributed by atoms with Gasteiger partial charge in [0.2, 0.25) is 0 Å². The molecule has 1 aliphatic carbocycles. The Morgan fingerprint density at radius 3 is 2.59 bits per heavy atom. The summed E-state index contributed by atoms with van der Waals surface area (Å²) in [6.45, 7) is 12.0. The van der Waals surface area contributed by atoms with E-state index in [0.29, 0.717) is 11.3 Å². The lowest BCUT2D eigenvalue weighted by molar-refractivity contribution is -0.154. The minimum Gasteiger partial charge on any atom is -0.456 e. The lowest BCUT2D eigenvalue weighted by atomic mass is 9.78. The topological polar surface area (TPSA) is 181 Å². The molecule has 4 heterocycles. The third-order valence-electron chi connectivity index (χ3n) is 8.74. The first kappa shape index (κ1) is 31.4. The number of rotatable bonds is 9. The number of esters is 2. The second kappa shape index (κ2) is 10.7. The Balaban J connectivity index is 1.16. The van der Waals surface area contributed by atoms with Gasteiger partial charge in [0.25, 0.3) is 0 Å². The van der Waals surface area contributed by atoms with Crippen molar-refractivity contribution in [3.8, 4) is 5.75 Å². The molecule has 2 N–H and O–H groups in total. The van der Waals surface area contributed by atoms with Crippen molar-refractivity contribution in [1.29, 1.82) is 0 Å². The average molecular weight is 640 g/mol. The van der Waals surface area contributed by atoms with Crippen LogP contribution in [0.3, 0.4) is 0 Å². The molecule has 2 fully saturated rings. The summed E-state index contributed by atoms with van der Waals surface area (Å²) < 4.78 is 43.3. The first-order chi connectivity index (χ1) is 21.5. The van der Waals surface area contributed by atoms with E-state index in [1.54, 1.807) is 19.9 Å². The SMILES string of the molecule is CC(=O)Oc1cc(C)cc(C)c1C(C)(C)CC(=O)OC1[C@]2(O)C[C@H](n3cnc4c(NCc5oc(=O)oc5C)nc(F)nc43)O[C@]12C. The number of nitrogens with zero attached hydrogens (tertiary/aromatic N) is 4. The Morgan fingerprint density at radius 2 is 1.96 bits per heavy atom. The molecule has 1 aromatic carbocycles. The molecule has 0 spiro atoms. The highest BCUT2D eigenvalue weighted by atomic mass is 19.1. The number of fused-ring (bicyclic) bond motifs is 2. The van der Waals surface area contributed by atoms with Crippen molar-refractivity contribution in [3.63, 3.8) is 0 Å². The normalized spacial score (nSPS) is 23.8. The van der Waals surface area contributed by atoms with Crippen molar-refractivity contribution in [1.82, 2.24) is 19.5 Å². The fourth-order valence-corrected chi connectivity index (χ4v) is 6.61. The maximum atomic E-state index is 14.5. The quantitative estimate of drug-likeness (QED) is 0.154. The Morgan fingerprint density at radius 1 is 1.22 bits per heavy atom. The molecule has 1 saturated heterocycles. The van der Waals surface area contributed by atoms with Gasteiger partial charge in [0.15, 0.2) is 28.8 Å². The van der Waals surface area contributed by atoms with Crippen LogP contribution in [-0.4, -0.2) is 53.9 Å². The minimum atomic E-state index is -1.51. The van der Waals surface area contributed by atoms with Gasteiger partial charge in [-0.3, -0.25) is 14.2 Å². The fraction of sp³-hybridized carbons (Fsp3) is 0.484. The number of imidazole rings is 1. The number of aliphatic hydroxyl groups is 1. The number of anilines is 1. The van der Waals surface area contributed by atoms with Gasteiger partial charge < -0.3 is 33.5 Å². The molecule has 46 heavy (non-hydrogen) atoms. The molecule has 4 aromatic rings. The molecule has 2 aliphatic rings. The van der Waals surface area contributed by atoms with Crippen molar-refractivity contribution in [2.24, 2.45) is 0 Å². The van der Waals surface area contributed by atoms with Crippen molar-refractivity contribution in [3.05, 3.63) is 63.4 Å². The van der Waals surface area contributed by atoms with E-state index >= 15 is 0 Å². The molecule has 1 saturated carbocycles. The standard InChI is InChI=1S/C31H34FN5O9/c1-14-8-15(2)22(18(9-14)43-17(4)38)29(5,6)11-21(39)45-26-30(7)31(26,41)10-20(46-30)37-13-34-23-24(35-27(32)36-25(23)37)33-12-19-16(3)42-28(40)44-19/h8-9,13,20,26,41H,10-12H2,1-7H3,(H,33,35,36)/t20-,26?,30-,31-/m1/s1. The lowest BCUT2D eigenvalue weighted by Crippen LogP contribution is -2.29. The Labute approximate surface area is 261 Å². The van der Waals surface area contributed by atoms with Gasteiger partial charge in [0.05, 0.1) is 19.3 Å². The van der Waals surface area contributed by atoms with E-state index in [1.807, 2.05) is 33.8 Å². The number of nitrogens with one attached hydrogen (secondary N) is 1. The number of benzene rings is 1. The molecule has 6 rings (SSSR count). The van der Waals surface area contributed by atoms with Crippen LogP contribution in [-0.2, 0) is 31.0 Å². The van der Waals surface area contributed by atoms with Crippen molar-refractivity contribution < 1.29 is 42.1 Å². The molecule has 4 atom stereocenters. The first-order valence-electron chi connectivity index (χ1n) is 14.7. The Hall–Kier alpha value is -4.63. The van der Waals surface area contributed by atoms with Crippen molar-refractivity contribution in [2.75, 3.05) is 5.32 Å². The van der Waals surface area contributed by atoms with E-state index in [9.17, 15) is 23.9 Å². The van der Waals surface area contributed by atoms with Gasteiger partial charge >= 0.3 is 23.8 Å².